The van der Waals surface area contributed by atoms with Crippen LogP contribution in [0.4, 0.5) is 0 Å². The summed E-state index contributed by atoms with van der Waals surface area (Å²) >= 11 is 0. The van der Waals surface area contributed by atoms with E-state index in [1.54, 1.807) is 42.5 Å². The van der Waals surface area contributed by atoms with Gasteiger partial charge in [-0.2, -0.15) is 0 Å². The molecule has 3 rings (SSSR count). The number of carbonyl (C=O) groups is 7. The van der Waals surface area contributed by atoms with Crippen LogP contribution in [0.5, 0.6) is 11.5 Å². The number of piperidine rings is 1. The summed E-state index contributed by atoms with van der Waals surface area (Å²) in [6, 6.07) is 10.8. The summed E-state index contributed by atoms with van der Waals surface area (Å²) in [5.74, 6) is -5.15. The van der Waals surface area contributed by atoms with Gasteiger partial charge in [-0.25, -0.2) is 14.4 Å². The van der Waals surface area contributed by atoms with Gasteiger partial charge in [0.1, 0.15) is 24.5 Å². The molecule has 2 aromatic carbocycles. The second-order valence-corrected chi connectivity index (χ2v) is 13.0. The van der Waals surface area contributed by atoms with E-state index in [2.05, 4.69) is 6.58 Å². The van der Waals surface area contributed by atoms with Crippen LogP contribution in [0.2, 0.25) is 0 Å². The molecule has 0 spiro atoms. The number of hydrogen-bond acceptors (Lipinski definition) is 11. The van der Waals surface area contributed by atoms with Gasteiger partial charge in [0.25, 0.3) is 5.91 Å². The zero-order valence-corrected chi connectivity index (χ0v) is 29.6. The zero-order chi connectivity index (χ0) is 38.4. The van der Waals surface area contributed by atoms with Gasteiger partial charge in [0.05, 0.1) is 18.9 Å². The quantitative estimate of drug-likeness (QED) is 0.113. The van der Waals surface area contributed by atoms with Crippen molar-refractivity contribution in [2.45, 2.75) is 77.4 Å². The minimum Gasteiger partial charge on any atom is -0.493 e. The summed E-state index contributed by atoms with van der Waals surface area (Å²) < 4.78 is 21.8. The average molecular weight is 724 g/mol. The molecule has 0 aromatic heterocycles. The Morgan fingerprint density at radius 3 is 2.38 bits per heavy atom. The van der Waals surface area contributed by atoms with Crippen molar-refractivity contribution < 1.29 is 62.7 Å². The topological polar surface area (TPSA) is 200 Å². The number of carbonyl (C=O) groups excluding carboxylic acids is 5. The first-order valence-corrected chi connectivity index (χ1v) is 16.8. The number of aryl methyl sites for hydroxylation is 1. The molecule has 14 heteroatoms. The highest BCUT2D eigenvalue weighted by Gasteiger charge is 2.42. The van der Waals surface area contributed by atoms with Gasteiger partial charge in [-0.3, -0.25) is 19.2 Å². The molecule has 52 heavy (non-hydrogen) atoms. The molecule has 2 aromatic rings. The monoisotopic (exact) mass is 723 g/mol. The van der Waals surface area contributed by atoms with Gasteiger partial charge in [-0.15, -0.1) is 0 Å². The van der Waals surface area contributed by atoms with Crippen molar-refractivity contribution in [3.05, 3.63) is 71.8 Å². The number of amides is 1. The van der Waals surface area contributed by atoms with E-state index >= 15 is 0 Å². The zero-order valence-electron chi connectivity index (χ0n) is 29.6. The number of ether oxygens (including phenoxy) is 4. The number of esters is 2. The predicted molar refractivity (Wildman–Crippen MR) is 185 cm³/mol. The lowest BCUT2D eigenvalue weighted by molar-refractivity contribution is -0.165. The normalized spacial score (nSPS) is 14.8. The van der Waals surface area contributed by atoms with Crippen LogP contribution in [-0.4, -0.2) is 89.4 Å². The summed E-state index contributed by atoms with van der Waals surface area (Å²) in [5, 5.41) is 17.9. The van der Waals surface area contributed by atoms with E-state index in [1.165, 1.54) is 25.9 Å². The first-order valence-electron chi connectivity index (χ1n) is 16.8. The third-order valence-corrected chi connectivity index (χ3v) is 8.46. The Balaban J connectivity index is 1.87. The number of carboxylic acid groups (broad SMARTS) is 2. The fraction of sp³-hybridized carbons (Fsp3) is 0.447. The predicted octanol–water partition coefficient (Wildman–Crippen LogP) is 4.06. The van der Waals surface area contributed by atoms with E-state index in [1.807, 2.05) is 0 Å². The molecule has 1 aliphatic rings. The van der Waals surface area contributed by atoms with Gasteiger partial charge in [-0.1, -0.05) is 36.9 Å². The number of aliphatic carboxylic acids is 2. The van der Waals surface area contributed by atoms with E-state index in [0.29, 0.717) is 36.1 Å². The van der Waals surface area contributed by atoms with Crippen molar-refractivity contribution >= 4 is 41.4 Å². The molecule has 1 saturated heterocycles. The Bertz CT molecular complexity index is 1660. The van der Waals surface area contributed by atoms with Crippen LogP contribution in [0.25, 0.3) is 0 Å². The Morgan fingerprint density at radius 1 is 0.962 bits per heavy atom. The fourth-order valence-corrected chi connectivity index (χ4v) is 5.62. The molecular formula is C38H45NO13. The van der Waals surface area contributed by atoms with Gasteiger partial charge >= 0.3 is 23.9 Å². The molecular weight excluding hydrogens is 678 g/mol. The van der Waals surface area contributed by atoms with Crippen molar-refractivity contribution in [1.29, 1.82) is 0 Å². The highest BCUT2D eigenvalue weighted by Crippen LogP contribution is 2.32. The Hall–Kier alpha value is -5.53. The van der Waals surface area contributed by atoms with E-state index in [0.717, 1.165) is 11.6 Å². The van der Waals surface area contributed by atoms with Crippen LogP contribution < -0.4 is 9.47 Å². The lowest BCUT2D eigenvalue weighted by atomic mass is 9.87. The highest BCUT2D eigenvalue weighted by atomic mass is 16.5. The molecule has 0 bridgehead atoms. The standard InChI is InChI=1S/C38H45NO13/c1-5-34(45)51-23-38(2,3)35(46)36(47)39-18-7-6-11-28(39)37(48)52-29(26-10-8-9-25(19-26)20-27(40)14-17-32(41)42)15-12-24-13-16-30(31(21-24)49-4)50-22-33(43)44/h5,8-10,13,16,19,21,28-29H,1,6-7,11-12,14-15,17-18,20,22-23H2,2-4H3,(H,41,42)(H,43,44)/t28-,29+/m0/s1. The number of carboxylic acids is 2. The number of rotatable bonds is 20. The molecule has 2 N–H and O–H groups in total. The summed E-state index contributed by atoms with van der Waals surface area (Å²) in [4.78, 5) is 88.0. The Morgan fingerprint density at radius 2 is 1.71 bits per heavy atom. The maximum absolute atomic E-state index is 13.9. The lowest BCUT2D eigenvalue weighted by Crippen LogP contribution is -2.53. The van der Waals surface area contributed by atoms with Crippen molar-refractivity contribution in [2.75, 3.05) is 26.9 Å². The number of likely N-dealkylation sites (tertiary alicyclic amines) is 1. The number of hydrogen-bond donors (Lipinski definition) is 2. The maximum Gasteiger partial charge on any atom is 0.341 e. The van der Waals surface area contributed by atoms with Crippen LogP contribution >= 0.6 is 0 Å². The average Bonchev–Trinajstić information content (AvgIpc) is 3.13. The number of Topliss-reactive ketones (excluding diaryl/α,β-unsaturated/α-hetero) is 2. The molecule has 14 nitrogen and oxygen atoms in total. The maximum atomic E-state index is 13.9. The van der Waals surface area contributed by atoms with Crippen LogP contribution in [-0.2, 0) is 55.9 Å². The molecule has 1 heterocycles. The van der Waals surface area contributed by atoms with Gasteiger partial charge in [0, 0.05) is 25.5 Å². The highest BCUT2D eigenvalue weighted by molar-refractivity contribution is 6.38. The Labute approximate surface area is 301 Å². The molecule has 0 radical (unpaired) electrons. The summed E-state index contributed by atoms with van der Waals surface area (Å²) in [6.45, 7) is 5.48. The summed E-state index contributed by atoms with van der Waals surface area (Å²) in [6.07, 6.45) is 1.62. The van der Waals surface area contributed by atoms with Crippen molar-refractivity contribution in [3.63, 3.8) is 0 Å². The molecule has 0 saturated carbocycles. The summed E-state index contributed by atoms with van der Waals surface area (Å²) in [5.41, 5.74) is 0.525. The van der Waals surface area contributed by atoms with E-state index in [4.69, 9.17) is 29.2 Å². The smallest absolute Gasteiger partial charge is 0.341 e. The van der Waals surface area contributed by atoms with E-state index < -0.39 is 59.7 Å². The van der Waals surface area contributed by atoms with E-state index in [-0.39, 0.29) is 56.8 Å². The molecule has 1 amide bonds. The third kappa shape index (κ3) is 12.1. The molecule has 2 atom stereocenters. The van der Waals surface area contributed by atoms with E-state index in [9.17, 15) is 33.6 Å². The molecule has 1 fully saturated rings. The molecule has 0 aliphatic carbocycles. The molecule has 1 aliphatic heterocycles. The minimum absolute atomic E-state index is 0.0261. The number of methoxy groups -OCH3 is 1. The van der Waals surface area contributed by atoms with Crippen molar-refractivity contribution in [2.24, 2.45) is 5.41 Å². The first kappa shape index (κ1) is 40.9. The lowest BCUT2D eigenvalue weighted by Gasteiger charge is -2.36. The number of ketones is 2. The van der Waals surface area contributed by atoms with Crippen LogP contribution in [0, 0.1) is 5.41 Å². The van der Waals surface area contributed by atoms with Gasteiger partial charge in [0.2, 0.25) is 5.78 Å². The largest absolute Gasteiger partial charge is 0.493 e. The van der Waals surface area contributed by atoms with Crippen molar-refractivity contribution in [1.82, 2.24) is 4.90 Å². The van der Waals surface area contributed by atoms with Crippen molar-refractivity contribution in [3.8, 4) is 11.5 Å². The van der Waals surface area contributed by atoms with Crippen LogP contribution in [0.15, 0.2) is 55.1 Å². The molecule has 280 valence electrons. The SMILES string of the molecule is C=CC(=O)OCC(C)(C)C(=O)C(=O)N1CCCC[C@H]1C(=O)O[C@H](CCc1ccc(OCC(=O)O)c(OC)c1)c1cccc(CC(=O)CCC(=O)O)c1. The second kappa shape index (κ2) is 19.2. The minimum atomic E-state index is -1.37. The van der Waals surface area contributed by atoms with Gasteiger partial charge in [0.15, 0.2) is 18.1 Å². The molecule has 0 unspecified atom stereocenters. The Kier molecular flexibility index (Phi) is 15.1. The summed E-state index contributed by atoms with van der Waals surface area (Å²) in [7, 11) is 1.41. The van der Waals surface area contributed by atoms with Gasteiger partial charge < -0.3 is 34.1 Å². The first-order chi connectivity index (χ1) is 24.6. The number of nitrogens with zero attached hydrogens (tertiary/aromatic N) is 1. The van der Waals surface area contributed by atoms with Crippen LogP contribution in [0.3, 0.4) is 0 Å². The fourth-order valence-electron chi connectivity index (χ4n) is 5.62. The number of benzene rings is 2. The van der Waals surface area contributed by atoms with Crippen LogP contribution in [0.1, 0.15) is 75.2 Å². The third-order valence-electron chi connectivity index (χ3n) is 8.46. The second-order valence-electron chi connectivity index (χ2n) is 13.0. The van der Waals surface area contributed by atoms with Gasteiger partial charge in [-0.05, 0) is 74.8 Å².